The number of hydrogen-bond acceptors (Lipinski definition) is 2. The van der Waals surface area contributed by atoms with E-state index in [1.807, 2.05) is 13.0 Å². The highest BCUT2D eigenvalue weighted by Crippen LogP contribution is 2.44. The lowest BCUT2D eigenvalue weighted by molar-refractivity contribution is -0.124. The molecule has 1 amide bonds. The summed E-state index contributed by atoms with van der Waals surface area (Å²) in [5, 5.41) is 3.14. The molecule has 1 aliphatic rings. The van der Waals surface area contributed by atoms with Crippen molar-refractivity contribution in [2.45, 2.75) is 58.0 Å². The van der Waals surface area contributed by atoms with E-state index in [0.717, 1.165) is 12.8 Å². The number of nitrogens with one attached hydrogen (secondary N) is 1. The summed E-state index contributed by atoms with van der Waals surface area (Å²) in [4.78, 5) is 12.3. The third-order valence-corrected chi connectivity index (χ3v) is 4.66. The van der Waals surface area contributed by atoms with Crippen molar-refractivity contribution in [2.24, 2.45) is 11.7 Å². The average molecular weight is 274 g/mol. The van der Waals surface area contributed by atoms with Crippen LogP contribution in [0.4, 0.5) is 0 Å². The highest BCUT2D eigenvalue weighted by atomic mass is 16.2. The van der Waals surface area contributed by atoms with E-state index in [4.69, 9.17) is 5.73 Å². The van der Waals surface area contributed by atoms with E-state index in [2.05, 4.69) is 44.3 Å². The predicted octanol–water partition coefficient (Wildman–Crippen LogP) is 2.90. The fraction of sp³-hybridized carbons (Fsp3) is 0.588. The van der Waals surface area contributed by atoms with Crippen LogP contribution in [0, 0.1) is 5.92 Å². The molecule has 3 nitrogen and oxygen atoms in total. The van der Waals surface area contributed by atoms with Gasteiger partial charge in [0.2, 0.25) is 5.91 Å². The largest absolute Gasteiger partial charge is 0.348 e. The Morgan fingerprint density at radius 1 is 1.45 bits per heavy atom. The van der Waals surface area contributed by atoms with Gasteiger partial charge in [0, 0.05) is 0 Å². The number of nitrogens with two attached hydrogens (primary N) is 1. The van der Waals surface area contributed by atoms with Gasteiger partial charge in [0.05, 0.1) is 12.1 Å². The van der Waals surface area contributed by atoms with Crippen molar-refractivity contribution >= 4 is 5.91 Å². The van der Waals surface area contributed by atoms with Crippen molar-refractivity contribution < 1.29 is 4.79 Å². The fourth-order valence-corrected chi connectivity index (χ4v) is 3.06. The highest BCUT2D eigenvalue weighted by Gasteiger charge is 2.37. The van der Waals surface area contributed by atoms with Crippen LogP contribution in [0.15, 0.2) is 24.3 Å². The van der Waals surface area contributed by atoms with Gasteiger partial charge in [-0.2, -0.15) is 0 Å². The minimum absolute atomic E-state index is 0.0307. The van der Waals surface area contributed by atoms with Crippen molar-refractivity contribution in [1.82, 2.24) is 5.32 Å². The van der Waals surface area contributed by atoms with Crippen molar-refractivity contribution in [3.8, 4) is 0 Å². The molecular formula is C17H26N2O. The second-order valence-corrected chi connectivity index (χ2v) is 6.65. The third-order valence-electron chi connectivity index (χ3n) is 4.66. The van der Waals surface area contributed by atoms with Crippen LogP contribution in [0.3, 0.4) is 0 Å². The molecule has 0 radical (unpaired) electrons. The van der Waals surface area contributed by atoms with E-state index >= 15 is 0 Å². The maximum Gasteiger partial charge on any atom is 0.237 e. The molecule has 2 rings (SSSR count). The van der Waals surface area contributed by atoms with E-state index in [-0.39, 0.29) is 23.3 Å². The Labute approximate surface area is 121 Å². The second-order valence-electron chi connectivity index (χ2n) is 6.65. The molecule has 1 aromatic carbocycles. The van der Waals surface area contributed by atoms with Gasteiger partial charge < -0.3 is 11.1 Å². The first kappa shape index (κ1) is 15.0. The minimum atomic E-state index is -0.420. The van der Waals surface area contributed by atoms with Gasteiger partial charge in [-0.3, -0.25) is 4.79 Å². The predicted molar refractivity (Wildman–Crippen MR) is 82.4 cm³/mol. The molecule has 0 fully saturated rings. The quantitative estimate of drug-likeness (QED) is 0.887. The van der Waals surface area contributed by atoms with Crippen LogP contribution < -0.4 is 11.1 Å². The van der Waals surface area contributed by atoms with Gasteiger partial charge in [0.25, 0.3) is 0 Å². The Kier molecular flexibility index (Phi) is 4.19. The Hall–Kier alpha value is -1.35. The number of fused-ring (bicyclic) bond motifs is 1. The molecule has 0 saturated carbocycles. The van der Waals surface area contributed by atoms with Crippen LogP contribution in [0.1, 0.15) is 57.7 Å². The number of hydrogen-bond donors (Lipinski definition) is 2. The first-order valence-electron chi connectivity index (χ1n) is 7.52. The summed E-state index contributed by atoms with van der Waals surface area (Å²) < 4.78 is 0. The summed E-state index contributed by atoms with van der Waals surface area (Å²) in [5.41, 5.74) is 8.70. The molecule has 3 heteroatoms. The molecule has 3 unspecified atom stereocenters. The van der Waals surface area contributed by atoms with Gasteiger partial charge in [-0.25, -0.2) is 0 Å². The Balaban J connectivity index is 2.15. The lowest BCUT2D eigenvalue weighted by atomic mass is 9.86. The fourth-order valence-electron chi connectivity index (χ4n) is 3.06. The van der Waals surface area contributed by atoms with Crippen LogP contribution in [0.5, 0.6) is 0 Å². The topological polar surface area (TPSA) is 55.1 Å². The number of rotatable bonds is 4. The summed E-state index contributed by atoms with van der Waals surface area (Å²) in [7, 11) is 0. The first-order chi connectivity index (χ1) is 9.36. The smallest absolute Gasteiger partial charge is 0.237 e. The van der Waals surface area contributed by atoms with Gasteiger partial charge >= 0.3 is 0 Å². The van der Waals surface area contributed by atoms with Gasteiger partial charge in [-0.15, -0.1) is 0 Å². The summed E-state index contributed by atoms with van der Waals surface area (Å²) in [6, 6.07) is 8.04. The normalized spacial score (nSPS) is 22.9. The standard InChI is InChI=1S/C17H26N2O/c1-5-11(2)15(18)16(20)19-14-10-17(3,4)13-9-7-6-8-12(13)14/h6-9,11,14-15H,5,10,18H2,1-4H3,(H,19,20). The molecule has 1 aliphatic carbocycles. The summed E-state index contributed by atoms with van der Waals surface area (Å²) in [5.74, 6) is 0.177. The van der Waals surface area contributed by atoms with E-state index in [0.29, 0.717) is 0 Å². The van der Waals surface area contributed by atoms with Crippen LogP contribution in [-0.4, -0.2) is 11.9 Å². The van der Waals surface area contributed by atoms with E-state index in [1.165, 1.54) is 11.1 Å². The summed E-state index contributed by atoms with van der Waals surface area (Å²) in [6.07, 6.45) is 1.85. The molecule has 20 heavy (non-hydrogen) atoms. The monoisotopic (exact) mass is 274 g/mol. The number of amides is 1. The highest BCUT2D eigenvalue weighted by molar-refractivity contribution is 5.82. The number of carbonyl (C=O) groups is 1. The van der Waals surface area contributed by atoms with Crippen LogP contribution >= 0.6 is 0 Å². The van der Waals surface area contributed by atoms with Crippen LogP contribution in [0.2, 0.25) is 0 Å². The Bertz CT molecular complexity index is 496. The summed E-state index contributed by atoms with van der Waals surface area (Å²) >= 11 is 0. The Morgan fingerprint density at radius 3 is 2.75 bits per heavy atom. The van der Waals surface area contributed by atoms with Crippen LogP contribution in [-0.2, 0) is 10.2 Å². The maximum atomic E-state index is 12.3. The first-order valence-corrected chi connectivity index (χ1v) is 7.52. The zero-order valence-electron chi connectivity index (χ0n) is 12.9. The van der Waals surface area contributed by atoms with E-state index < -0.39 is 6.04 Å². The van der Waals surface area contributed by atoms with Gasteiger partial charge in [0.15, 0.2) is 0 Å². The van der Waals surface area contributed by atoms with Gasteiger partial charge in [-0.05, 0) is 28.9 Å². The zero-order valence-corrected chi connectivity index (χ0v) is 12.9. The molecule has 110 valence electrons. The molecule has 3 N–H and O–H groups in total. The van der Waals surface area contributed by atoms with Crippen LogP contribution in [0.25, 0.3) is 0 Å². The van der Waals surface area contributed by atoms with Crippen molar-refractivity contribution in [1.29, 1.82) is 0 Å². The van der Waals surface area contributed by atoms with Crippen molar-refractivity contribution in [2.75, 3.05) is 0 Å². The Morgan fingerprint density at radius 2 is 2.10 bits per heavy atom. The van der Waals surface area contributed by atoms with Gasteiger partial charge in [-0.1, -0.05) is 58.4 Å². The molecule has 0 heterocycles. The van der Waals surface area contributed by atoms with Crippen molar-refractivity contribution in [3.63, 3.8) is 0 Å². The molecule has 3 atom stereocenters. The molecule has 0 bridgehead atoms. The molecular weight excluding hydrogens is 248 g/mol. The lowest BCUT2D eigenvalue weighted by Crippen LogP contribution is -2.45. The van der Waals surface area contributed by atoms with E-state index in [1.54, 1.807) is 0 Å². The minimum Gasteiger partial charge on any atom is -0.348 e. The molecule has 0 aliphatic heterocycles. The molecule has 0 aromatic heterocycles. The number of benzene rings is 1. The molecule has 0 saturated heterocycles. The lowest BCUT2D eigenvalue weighted by Gasteiger charge is -2.22. The van der Waals surface area contributed by atoms with E-state index in [9.17, 15) is 4.79 Å². The molecule has 0 spiro atoms. The second kappa shape index (κ2) is 5.57. The summed E-state index contributed by atoms with van der Waals surface area (Å²) in [6.45, 7) is 8.54. The SMILES string of the molecule is CCC(C)C(N)C(=O)NC1CC(C)(C)c2ccccc21. The third kappa shape index (κ3) is 2.73. The average Bonchev–Trinajstić information content (AvgIpc) is 2.69. The van der Waals surface area contributed by atoms with Gasteiger partial charge in [0.1, 0.15) is 0 Å². The maximum absolute atomic E-state index is 12.3. The number of carbonyl (C=O) groups excluding carboxylic acids is 1. The zero-order chi connectivity index (χ0) is 14.9. The molecule has 1 aromatic rings. The van der Waals surface area contributed by atoms with Crippen molar-refractivity contribution in [3.05, 3.63) is 35.4 Å².